The van der Waals surface area contributed by atoms with Gasteiger partial charge < -0.3 is 4.98 Å². The number of hydrogen-bond donors (Lipinski definition) is 1. The van der Waals surface area contributed by atoms with E-state index in [0.717, 1.165) is 18.7 Å². The van der Waals surface area contributed by atoms with Crippen molar-refractivity contribution in [1.82, 2.24) is 9.97 Å². The highest BCUT2D eigenvalue weighted by Gasteiger charge is 2.18. The number of aliphatic imine (C=N–C) groups is 1. The predicted molar refractivity (Wildman–Crippen MR) is 120 cm³/mol. The van der Waals surface area contributed by atoms with E-state index in [1.54, 1.807) is 0 Å². The summed E-state index contributed by atoms with van der Waals surface area (Å²) in [5.74, 6) is 0.428. The molecule has 140 valence electrons. The van der Waals surface area contributed by atoms with Gasteiger partial charge in [-0.2, -0.15) is 0 Å². The number of aromatic amines is 1. The number of nitrogens with zero attached hydrogens (tertiary/aromatic N) is 2. The third-order valence-electron chi connectivity index (χ3n) is 5.46. The summed E-state index contributed by atoms with van der Waals surface area (Å²) in [5, 5.41) is 1.32. The largest absolute Gasteiger partial charge is 0.354 e. The molecule has 1 aliphatic rings. The van der Waals surface area contributed by atoms with Gasteiger partial charge in [0.1, 0.15) is 0 Å². The molecule has 3 nitrogen and oxygen atoms in total. The second kappa shape index (κ2) is 6.71. The van der Waals surface area contributed by atoms with Crippen molar-refractivity contribution in [2.24, 2.45) is 4.99 Å². The average molecular weight is 386 g/mol. The highest BCUT2D eigenvalue weighted by Crippen LogP contribution is 2.39. The van der Waals surface area contributed by atoms with E-state index in [1.165, 1.54) is 48.6 Å². The molecule has 4 aromatic rings. The quantitative estimate of drug-likeness (QED) is 0.429. The maximum absolute atomic E-state index is 4.43. The fourth-order valence-corrected chi connectivity index (χ4v) is 5.24. The Labute approximate surface area is 169 Å². The van der Waals surface area contributed by atoms with Crippen LogP contribution >= 0.6 is 11.3 Å². The van der Waals surface area contributed by atoms with Crippen LogP contribution in [0.5, 0.6) is 0 Å². The van der Waals surface area contributed by atoms with E-state index in [2.05, 4.69) is 65.2 Å². The average Bonchev–Trinajstić information content (AvgIpc) is 3.29. The van der Waals surface area contributed by atoms with E-state index in [1.807, 2.05) is 30.7 Å². The Morgan fingerprint density at radius 1 is 1.07 bits per heavy atom. The fourth-order valence-electron chi connectivity index (χ4n) is 4.12. The summed E-state index contributed by atoms with van der Waals surface area (Å²) in [5.41, 5.74) is 8.77. The number of pyridine rings is 1. The minimum absolute atomic E-state index is 0.428. The molecule has 0 saturated carbocycles. The highest BCUT2D eigenvalue weighted by atomic mass is 32.1. The molecule has 0 bridgehead atoms. The van der Waals surface area contributed by atoms with Crippen molar-refractivity contribution in [3.05, 3.63) is 64.3 Å². The van der Waals surface area contributed by atoms with Crippen molar-refractivity contribution < 1.29 is 0 Å². The molecule has 0 amide bonds. The van der Waals surface area contributed by atoms with Crippen LogP contribution in [0.25, 0.3) is 32.6 Å². The maximum Gasteiger partial charge on any atom is 0.0732 e. The third-order valence-corrected chi connectivity index (χ3v) is 6.67. The Morgan fingerprint density at radius 2 is 1.96 bits per heavy atom. The first-order valence-electron chi connectivity index (χ1n) is 9.79. The van der Waals surface area contributed by atoms with E-state index in [0.29, 0.717) is 5.92 Å². The van der Waals surface area contributed by atoms with E-state index in [9.17, 15) is 0 Å². The zero-order valence-electron chi connectivity index (χ0n) is 16.4. The molecule has 0 aliphatic carbocycles. The van der Waals surface area contributed by atoms with Crippen molar-refractivity contribution in [1.29, 1.82) is 0 Å². The van der Waals surface area contributed by atoms with Gasteiger partial charge in [0.25, 0.3) is 0 Å². The van der Waals surface area contributed by atoms with Crippen LogP contribution in [0.4, 0.5) is 0 Å². The number of aryl methyl sites for hydroxylation is 1. The molecule has 4 heterocycles. The Kier molecular flexibility index (Phi) is 4.17. The molecule has 5 rings (SSSR count). The van der Waals surface area contributed by atoms with Crippen LogP contribution in [0.3, 0.4) is 0 Å². The number of H-pyrrole nitrogens is 1. The Morgan fingerprint density at radius 3 is 2.75 bits per heavy atom. The summed E-state index contributed by atoms with van der Waals surface area (Å²) < 4.78 is 0. The Hall–Kier alpha value is -2.72. The van der Waals surface area contributed by atoms with Crippen molar-refractivity contribution in [3.8, 4) is 21.7 Å². The summed E-state index contributed by atoms with van der Waals surface area (Å²) in [6.45, 7) is 7.42. The number of fused-ring (bicyclic) bond motifs is 2. The number of thiophene rings is 1. The molecule has 1 N–H and O–H groups in total. The maximum atomic E-state index is 4.43. The Bertz CT molecular complexity index is 1180. The molecule has 28 heavy (non-hydrogen) atoms. The van der Waals surface area contributed by atoms with Crippen LogP contribution in [-0.2, 0) is 13.0 Å². The number of rotatable bonds is 3. The molecular formula is C24H23N3S. The molecule has 0 saturated heterocycles. The minimum Gasteiger partial charge on any atom is -0.354 e. The van der Waals surface area contributed by atoms with Gasteiger partial charge >= 0.3 is 0 Å². The van der Waals surface area contributed by atoms with Crippen LogP contribution in [0.15, 0.2) is 47.6 Å². The Balaban J connectivity index is 1.67. The van der Waals surface area contributed by atoms with Gasteiger partial charge in [-0.1, -0.05) is 19.9 Å². The molecule has 0 atom stereocenters. The highest BCUT2D eigenvalue weighted by molar-refractivity contribution is 7.15. The summed E-state index contributed by atoms with van der Waals surface area (Å²) in [7, 11) is 0. The van der Waals surface area contributed by atoms with E-state index < -0.39 is 0 Å². The van der Waals surface area contributed by atoms with Crippen molar-refractivity contribution in [2.75, 3.05) is 0 Å². The molecule has 0 radical (unpaired) electrons. The van der Waals surface area contributed by atoms with Crippen LogP contribution < -0.4 is 0 Å². The summed E-state index contributed by atoms with van der Waals surface area (Å²) in [4.78, 5) is 15.2. The lowest BCUT2D eigenvalue weighted by Gasteiger charge is -2.09. The van der Waals surface area contributed by atoms with Gasteiger partial charge in [0.05, 0.1) is 12.2 Å². The first-order chi connectivity index (χ1) is 13.6. The molecule has 1 aliphatic heterocycles. The molecule has 0 spiro atoms. The summed E-state index contributed by atoms with van der Waals surface area (Å²) in [6.07, 6.45) is 4.89. The smallest absolute Gasteiger partial charge is 0.0732 e. The van der Waals surface area contributed by atoms with Crippen LogP contribution in [0.1, 0.15) is 41.5 Å². The van der Waals surface area contributed by atoms with Gasteiger partial charge in [-0.15, -0.1) is 11.3 Å². The normalized spacial score (nSPS) is 13.4. The monoisotopic (exact) mass is 385 g/mol. The zero-order valence-corrected chi connectivity index (χ0v) is 17.2. The molecule has 1 aromatic carbocycles. The minimum atomic E-state index is 0.428. The third kappa shape index (κ3) is 2.89. The number of hydrogen-bond acceptors (Lipinski definition) is 3. The SMILES string of the molecule is Cc1cc(-c2[nH]c3ccc(-c4cc5c(s4)CN=CC5)cc3c2C(C)C)ccn1. The van der Waals surface area contributed by atoms with Crippen molar-refractivity contribution in [3.63, 3.8) is 0 Å². The lowest BCUT2D eigenvalue weighted by molar-refractivity contribution is 0.878. The standard InChI is InChI=1S/C24H23N3S/c1-14(2)23-19-11-16(21-12-17-6-8-25-13-22(17)28-21)4-5-20(19)27-24(23)18-7-9-26-15(3)10-18/h4-5,7-12,14,27H,6,13H2,1-3H3. The van der Waals surface area contributed by atoms with Gasteiger partial charge in [0.15, 0.2) is 0 Å². The lowest BCUT2D eigenvalue weighted by atomic mass is 9.95. The number of benzene rings is 1. The number of nitrogens with one attached hydrogen (secondary N) is 1. The summed E-state index contributed by atoms with van der Waals surface area (Å²) in [6, 6.07) is 13.4. The fraction of sp³-hybridized carbons (Fsp3) is 0.250. The zero-order chi connectivity index (χ0) is 19.3. The first-order valence-corrected chi connectivity index (χ1v) is 10.6. The van der Waals surface area contributed by atoms with E-state index in [-0.39, 0.29) is 0 Å². The van der Waals surface area contributed by atoms with Crippen LogP contribution in [0, 0.1) is 6.92 Å². The lowest BCUT2D eigenvalue weighted by Crippen LogP contribution is -1.94. The van der Waals surface area contributed by atoms with Crippen molar-refractivity contribution in [2.45, 2.75) is 39.7 Å². The number of aromatic nitrogens is 2. The predicted octanol–water partition coefficient (Wildman–Crippen LogP) is 6.52. The molecular weight excluding hydrogens is 362 g/mol. The van der Waals surface area contributed by atoms with Crippen LogP contribution in [-0.4, -0.2) is 16.2 Å². The van der Waals surface area contributed by atoms with Crippen LogP contribution in [0.2, 0.25) is 0 Å². The van der Waals surface area contributed by atoms with Gasteiger partial charge in [-0.05, 0) is 59.9 Å². The van der Waals surface area contributed by atoms with E-state index >= 15 is 0 Å². The van der Waals surface area contributed by atoms with Gasteiger partial charge in [0.2, 0.25) is 0 Å². The van der Waals surface area contributed by atoms with Crippen molar-refractivity contribution >= 4 is 28.5 Å². The topological polar surface area (TPSA) is 41.0 Å². The van der Waals surface area contributed by atoms with Gasteiger partial charge in [-0.25, -0.2) is 0 Å². The second-order valence-corrected chi connectivity index (χ2v) is 8.94. The molecule has 0 unspecified atom stereocenters. The van der Waals surface area contributed by atoms with Gasteiger partial charge in [0, 0.05) is 50.7 Å². The molecule has 4 heteroatoms. The first kappa shape index (κ1) is 17.4. The molecule has 0 fully saturated rings. The second-order valence-electron chi connectivity index (χ2n) is 7.80. The summed E-state index contributed by atoms with van der Waals surface area (Å²) >= 11 is 1.88. The molecule has 3 aromatic heterocycles. The van der Waals surface area contributed by atoms with E-state index in [4.69, 9.17) is 0 Å². The van der Waals surface area contributed by atoms with Gasteiger partial charge in [-0.3, -0.25) is 9.98 Å².